The summed E-state index contributed by atoms with van der Waals surface area (Å²) in [7, 11) is 1.50. The number of halogens is 4. The number of likely N-dealkylation sites (tertiary alicyclic amines) is 1. The van der Waals surface area contributed by atoms with Gasteiger partial charge in [-0.1, -0.05) is 0 Å². The van der Waals surface area contributed by atoms with Crippen molar-refractivity contribution in [2.75, 3.05) is 20.2 Å². The van der Waals surface area contributed by atoms with Gasteiger partial charge in [-0.05, 0) is 47.0 Å². The number of alkyl halides is 3. The summed E-state index contributed by atoms with van der Waals surface area (Å²) in [5, 5.41) is 6.57. The Morgan fingerprint density at radius 1 is 1.38 bits per heavy atom. The number of benzene rings is 1. The van der Waals surface area contributed by atoms with Gasteiger partial charge in [-0.15, -0.1) is 10.2 Å². The number of rotatable bonds is 3. The van der Waals surface area contributed by atoms with Crippen molar-refractivity contribution in [1.29, 1.82) is 0 Å². The van der Waals surface area contributed by atoms with E-state index in [1.54, 1.807) is 23.1 Å². The number of nitrogens with zero attached hydrogens (tertiary/aromatic N) is 3. The van der Waals surface area contributed by atoms with Gasteiger partial charge < -0.3 is 14.1 Å². The van der Waals surface area contributed by atoms with E-state index in [1.807, 2.05) is 0 Å². The predicted octanol–water partition coefficient (Wildman–Crippen LogP) is 3.88. The monoisotopic (exact) mass is 433 g/mol. The van der Waals surface area contributed by atoms with Gasteiger partial charge in [0.2, 0.25) is 5.89 Å². The number of aromatic nitrogens is 2. The first-order valence-electron chi connectivity index (χ1n) is 7.83. The molecule has 26 heavy (non-hydrogen) atoms. The molecular weight excluding hydrogens is 419 g/mol. The van der Waals surface area contributed by atoms with Gasteiger partial charge in [0.05, 0.1) is 18.6 Å². The van der Waals surface area contributed by atoms with Gasteiger partial charge in [0.1, 0.15) is 5.75 Å². The van der Waals surface area contributed by atoms with E-state index in [9.17, 15) is 18.0 Å². The molecule has 1 aliphatic rings. The van der Waals surface area contributed by atoms with E-state index < -0.39 is 18.0 Å². The van der Waals surface area contributed by atoms with Gasteiger partial charge in [-0.3, -0.25) is 4.79 Å². The number of hydrogen-bond donors (Lipinski definition) is 0. The quantitative estimate of drug-likeness (QED) is 0.734. The van der Waals surface area contributed by atoms with E-state index in [0.29, 0.717) is 35.2 Å². The standard InChI is InChI=1S/C16H15BrF3N3O3/c1-25-10-4-5-12(17)11(7-10)14(24)23-6-2-3-9(8-23)13-21-22-15(26-13)16(18,19)20/h4-5,7,9H,2-3,6,8H2,1H3. The van der Waals surface area contributed by atoms with Crippen LogP contribution in [0.15, 0.2) is 27.1 Å². The average Bonchev–Trinajstić information content (AvgIpc) is 3.12. The summed E-state index contributed by atoms with van der Waals surface area (Å²) in [6.45, 7) is 0.710. The number of hydrogen-bond acceptors (Lipinski definition) is 5. The zero-order chi connectivity index (χ0) is 18.9. The van der Waals surface area contributed by atoms with E-state index in [0.717, 1.165) is 0 Å². The lowest BCUT2D eigenvalue weighted by atomic mass is 9.97. The lowest BCUT2D eigenvalue weighted by molar-refractivity contribution is -0.157. The van der Waals surface area contributed by atoms with Gasteiger partial charge in [-0.25, -0.2) is 0 Å². The first kappa shape index (κ1) is 18.7. The molecule has 2 heterocycles. The molecule has 1 aromatic carbocycles. The second-order valence-corrected chi connectivity index (χ2v) is 6.73. The van der Waals surface area contributed by atoms with E-state index in [-0.39, 0.29) is 18.3 Å². The second-order valence-electron chi connectivity index (χ2n) is 5.88. The lowest BCUT2D eigenvalue weighted by Gasteiger charge is -2.31. The maximum atomic E-state index is 12.8. The Kier molecular flexibility index (Phi) is 5.22. The van der Waals surface area contributed by atoms with Crippen LogP contribution in [-0.2, 0) is 6.18 Å². The summed E-state index contributed by atoms with van der Waals surface area (Å²) >= 11 is 3.34. The Morgan fingerprint density at radius 2 is 2.15 bits per heavy atom. The van der Waals surface area contributed by atoms with Crippen LogP contribution in [0.25, 0.3) is 0 Å². The second kappa shape index (κ2) is 7.26. The fourth-order valence-electron chi connectivity index (χ4n) is 2.84. The number of amides is 1. The molecule has 2 aromatic rings. The Balaban J connectivity index is 1.78. The molecule has 0 aliphatic carbocycles. The molecule has 10 heteroatoms. The lowest BCUT2D eigenvalue weighted by Crippen LogP contribution is -2.39. The van der Waals surface area contributed by atoms with Gasteiger partial charge in [0.15, 0.2) is 0 Å². The first-order valence-corrected chi connectivity index (χ1v) is 8.62. The summed E-state index contributed by atoms with van der Waals surface area (Å²) in [4.78, 5) is 14.4. The van der Waals surface area contributed by atoms with Crippen molar-refractivity contribution in [2.45, 2.75) is 24.9 Å². The zero-order valence-corrected chi connectivity index (χ0v) is 15.3. The highest BCUT2D eigenvalue weighted by molar-refractivity contribution is 9.10. The zero-order valence-electron chi connectivity index (χ0n) is 13.7. The molecule has 1 unspecified atom stereocenters. The van der Waals surface area contributed by atoms with Crippen LogP contribution in [-0.4, -0.2) is 41.2 Å². The third-order valence-corrected chi connectivity index (χ3v) is 4.84. The van der Waals surface area contributed by atoms with Crippen LogP contribution in [0.5, 0.6) is 5.75 Å². The largest absolute Gasteiger partial charge is 0.497 e. The minimum absolute atomic E-state index is 0.0977. The van der Waals surface area contributed by atoms with Crippen molar-refractivity contribution < 1.29 is 27.1 Å². The molecule has 1 fully saturated rings. The molecule has 0 radical (unpaired) electrons. The molecule has 0 saturated carbocycles. The third-order valence-electron chi connectivity index (χ3n) is 4.14. The molecule has 1 aromatic heterocycles. The van der Waals surface area contributed by atoms with Gasteiger partial charge >= 0.3 is 12.1 Å². The van der Waals surface area contributed by atoms with Crippen LogP contribution >= 0.6 is 15.9 Å². The fourth-order valence-corrected chi connectivity index (χ4v) is 3.26. The molecule has 1 aliphatic heterocycles. The molecule has 6 nitrogen and oxygen atoms in total. The van der Waals surface area contributed by atoms with Crippen molar-refractivity contribution >= 4 is 21.8 Å². The normalized spacial score (nSPS) is 18.0. The Hall–Kier alpha value is -2.10. The smallest absolute Gasteiger partial charge is 0.470 e. The number of methoxy groups -OCH3 is 1. The maximum absolute atomic E-state index is 12.8. The highest BCUT2D eigenvalue weighted by Crippen LogP contribution is 2.33. The van der Waals surface area contributed by atoms with E-state index in [4.69, 9.17) is 9.15 Å². The van der Waals surface area contributed by atoms with Crippen molar-refractivity contribution in [3.63, 3.8) is 0 Å². The fraction of sp³-hybridized carbons (Fsp3) is 0.438. The van der Waals surface area contributed by atoms with Crippen LogP contribution in [0.4, 0.5) is 13.2 Å². The Bertz CT molecular complexity index is 810. The van der Waals surface area contributed by atoms with Crippen molar-refractivity contribution in [3.8, 4) is 5.75 Å². The number of carbonyl (C=O) groups excluding carboxylic acids is 1. The molecule has 1 saturated heterocycles. The molecule has 1 atom stereocenters. The molecular formula is C16H15BrF3N3O3. The highest BCUT2D eigenvalue weighted by Gasteiger charge is 2.39. The summed E-state index contributed by atoms with van der Waals surface area (Å²) in [5.41, 5.74) is 0.423. The minimum atomic E-state index is -4.68. The summed E-state index contributed by atoms with van der Waals surface area (Å²) < 4.78 is 48.4. The molecule has 3 rings (SSSR count). The van der Waals surface area contributed by atoms with Crippen LogP contribution in [0.2, 0.25) is 0 Å². The topological polar surface area (TPSA) is 68.5 Å². The molecule has 0 spiro atoms. The van der Waals surface area contributed by atoms with Gasteiger partial charge in [-0.2, -0.15) is 13.2 Å². The van der Waals surface area contributed by atoms with E-state index in [1.165, 1.54) is 7.11 Å². The van der Waals surface area contributed by atoms with Gasteiger partial charge in [0.25, 0.3) is 5.91 Å². The maximum Gasteiger partial charge on any atom is 0.470 e. The highest BCUT2D eigenvalue weighted by atomic mass is 79.9. The molecule has 1 amide bonds. The van der Waals surface area contributed by atoms with Crippen molar-refractivity contribution in [3.05, 3.63) is 40.0 Å². The summed E-state index contributed by atoms with van der Waals surface area (Å²) in [6, 6.07) is 5.04. The van der Waals surface area contributed by atoms with Crippen LogP contribution in [0, 0.1) is 0 Å². The molecule has 140 valence electrons. The van der Waals surface area contributed by atoms with Crippen LogP contribution in [0.3, 0.4) is 0 Å². The van der Waals surface area contributed by atoms with Crippen molar-refractivity contribution in [2.24, 2.45) is 0 Å². The Labute approximate surface area is 155 Å². The van der Waals surface area contributed by atoms with Gasteiger partial charge in [0, 0.05) is 17.6 Å². The molecule has 0 N–H and O–H groups in total. The average molecular weight is 434 g/mol. The third kappa shape index (κ3) is 3.84. The van der Waals surface area contributed by atoms with Crippen LogP contribution in [0.1, 0.15) is 40.9 Å². The summed E-state index contributed by atoms with van der Waals surface area (Å²) in [6.07, 6.45) is -3.48. The predicted molar refractivity (Wildman–Crippen MR) is 87.9 cm³/mol. The van der Waals surface area contributed by atoms with Crippen LogP contribution < -0.4 is 4.74 Å². The molecule has 0 bridgehead atoms. The SMILES string of the molecule is COc1ccc(Br)c(C(=O)N2CCCC(c3nnc(C(F)(F)F)o3)C2)c1. The number of ether oxygens (including phenoxy) is 1. The summed E-state index contributed by atoms with van der Waals surface area (Å²) in [5.74, 6) is -1.60. The van der Waals surface area contributed by atoms with Crippen molar-refractivity contribution in [1.82, 2.24) is 15.1 Å². The number of piperidine rings is 1. The Morgan fingerprint density at radius 3 is 2.81 bits per heavy atom. The number of carbonyl (C=O) groups is 1. The first-order chi connectivity index (χ1) is 12.3. The van der Waals surface area contributed by atoms with E-state index in [2.05, 4.69) is 26.1 Å². The van der Waals surface area contributed by atoms with E-state index >= 15 is 0 Å². The minimum Gasteiger partial charge on any atom is -0.497 e.